The molecule has 1 heterocycles. The van der Waals surface area contributed by atoms with E-state index in [1.807, 2.05) is 60.7 Å². The number of hydrogen-bond donors (Lipinski definition) is 3. The molecule has 0 unspecified atom stereocenters. The summed E-state index contributed by atoms with van der Waals surface area (Å²) in [6, 6.07) is 16.6. The monoisotopic (exact) mass is 553 g/mol. The molecule has 0 saturated carbocycles. The van der Waals surface area contributed by atoms with E-state index in [0.717, 1.165) is 11.1 Å². The second-order valence-corrected chi connectivity index (χ2v) is 10.1. The summed E-state index contributed by atoms with van der Waals surface area (Å²) in [5.41, 5.74) is 0.330. The van der Waals surface area contributed by atoms with Gasteiger partial charge in [-0.1, -0.05) is 74.5 Å². The van der Waals surface area contributed by atoms with E-state index in [4.69, 9.17) is 14.2 Å². The predicted molar refractivity (Wildman–Crippen MR) is 148 cm³/mol. The number of alkyl carbamates (subject to hydrolysis) is 1. The van der Waals surface area contributed by atoms with Crippen molar-refractivity contribution in [2.45, 2.75) is 64.3 Å². The molecule has 0 aliphatic carbocycles. The van der Waals surface area contributed by atoms with Crippen LogP contribution in [0.25, 0.3) is 0 Å². The van der Waals surface area contributed by atoms with Crippen LogP contribution in [0.2, 0.25) is 0 Å². The molecule has 1 saturated heterocycles. The van der Waals surface area contributed by atoms with Crippen molar-refractivity contribution in [2.75, 3.05) is 19.8 Å². The van der Waals surface area contributed by atoms with Gasteiger partial charge in [-0.25, -0.2) is 9.59 Å². The fourth-order valence-electron chi connectivity index (χ4n) is 4.45. The molecule has 0 aromatic heterocycles. The maximum atomic E-state index is 13.7. The largest absolute Gasteiger partial charge is 0.464 e. The summed E-state index contributed by atoms with van der Waals surface area (Å²) in [4.78, 5) is 52.5. The lowest BCUT2D eigenvalue weighted by Crippen LogP contribution is -2.66. The summed E-state index contributed by atoms with van der Waals surface area (Å²) in [7, 11) is 0. The molecule has 10 heteroatoms. The third-order valence-corrected chi connectivity index (χ3v) is 6.74. The molecule has 40 heavy (non-hydrogen) atoms. The van der Waals surface area contributed by atoms with Gasteiger partial charge in [-0.15, -0.1) is 0 Å². The Bertz CT molecular complexity index is 1120. The van der Waals surface area contributed by atoms with Gasteiger partial charge in [-0.3, -0.25) is 9.59 Å². The van der Waals surface area contributed by atoms with Gasteiger partial charge < -0.3 is 30.2 Å². The molecule has 1 fully saturated rings. The molecule has 3 N–H and O–H groups in total. The number of carbonyl (C=O) groups is 4. The molecule has 0 radical (unpaired) electrons. The fourth-order valence-corrected chi connectivity index (χ4v) is 4.45. The Labute approximate surface area is 235 Å². The summed E-state index contributed by atoms with van der Waals surface area (Å²) < 4.78 is 16.0. The van der Waals surface area contributed by atoms with Crippen molar-refractivity contribution in [2.24, 2.45) is 5.92 Å². The predicted octanol–water partition coefficient (Wildman–Crippen LogP) is 2.89. The van der Waals surface area contributed by atoms with E-state index in [1.54, 1.807) is 20.8 Å². The first-order chi connectivity index (χ1) is 19.2. The van der Waals surface area contributed by atoms with Crippen molar-refractivity contribution in [3.63, 3.8) is 0 Å². The van der Waals surface area contributed by atoms with Gasteiger partial charge in [-0.05, 0) is 24.0 Å². The van der Waals surface area contributed by atoms with E-state index < -0.39 is 41.5 Å². The van der Waals surface area contributed by atoms with E-state index in [2.05, 4.69) is 16.0 Å². The smallest absolute Gasteiger partial charge is 0.408 e. The molecule has 216 valence electrons. The second kappa shape index (κ2) is 15.0. The van der Waals surface area contributed by atoms with Gasteiger partial charge in [0.05, 0.1) is 6.61 Å². The van der Waals surface area contributed by atoms with Crippen LogP contribution >= 0.6 is 0 Å². The summed E-state index contributed by atoms with van der Waals surface area (Å²) in [5, 5.41) is 8.33. The Balaban J connectivity index is 1.72. The highest BCUT2D eigenvalue weighted by molar-refractivity contribution is 5.96. The molecule has 3 amide bonds. The quantitative estimate of drug-likeness (QED) is 0.344. The first kappa shape index (κ1) is 30.6. The van der Waals surface area contributed by atoms with Crippen molar-refractivity contribution in [3.8, 4) is 0 Å². The van der Waals surface area contributed by atoms with E-state index in [-0.39, 0.29) is 51.6 Å². The van der Waals surface area contributed by atoms with Gasteiger partial charge in [0.2, 0.25) is 11.8 Å². The molecule has 2 aromatic carbocycles. The lowest BCUT2D eigenvalue weighted by atomic mass is 9.87. The second-order valence-electron chi connectivity index (χ2n) is 10.1. The van der Waals surface area contributed by atoms with Crippen molar-refractivity contribution >= 4 is 23.9 Å². The molecule has 2 aromatic rings. The van der Waals surface area contributed by atoms with E-state index in [9.17, 15) is 19.2 Å². The number of ether oxygens (including phenoxy) is 3. The van der Waals surface area contributed by atoms with Crippen LogP contribution in [0.1, 0.15) is 44.7 Å². The minimum Gasteiger partial charge on any atom is -0.464 e. The molecule has 0 bridgehead atoms. The van der Waals surface area contributed by atoms with Gasteiger partial charge in [0.25, 0.3) is 0 Å². The lowest BCUT2D eigenvalue weighted by molar-refractivity contribution is -0.149. The van der Waals surface area contributed by atoms with Crippen molar-refractivity contribution in [1.82, 2.24) is 16.0 Å². The van der Waals surface area contributed by atoms with Gasteiger partial charge in [0, 0.05) is 32.5 Å². The van der Waals surface area contributed by atoms with E-state index >= 15 is 0 Å². The number of nitrogens with one attached hydrogen (secondary N) is 3. The van der Waals surface area contributed by atoms with Gasteiger partial charge in [-0.2, -0.15) is 0 Å². The third-order valence-electron chi connectivity index (χ3n) is 6.74. The number of rotatable bonds is 12. The maximum Gasteiger partial charge on any atom is 0.408 e. The fraction of sp³-hybridized carbons (Fsp3) is 0.467. The Kier molecular flexibility index (Phi) is 11.5. The van der Waals surface area contributed by atoms with Gasteiger partial charge in [0.15, 0.2) is 0 Å². The topological polar surface area (TPSA) is 132 Å². The summed E-state index contributed by atoms with van der Waals surface area (Å²) in [6.07, 6.45) is -0.104. The molecular weight excluding hydrogens is 514 g/mol. The van der Waals surface area contributed by atoms with Gasteiger partial charge in [0.1, 0.15) is 24.2 Å². The zero-order valence-electron chi connectivity index (χ0n) is 23.3. The van der Waals surface area contributed by atoms with Crippen molar-refractivity contribution in [1.29, 1.82) is 0 Å². The first-order valence-corrected chi connectivity index (χ1v) is 13.6. The molecule has 2 atom stereocenters. The molecule has 1 aliphatic heterocycles. The average molecular weight is 554 g/mol. The number of esters is 1. The standard InChI is InChI=1S/C30H39N3O7/c1-4-39-27(35)24(19-22-11-7-5-8-12-22)31-28(36)30(15-17-38-18-16-30)33-26(34)25(21(2)3)32-29(37)40-20-23-13-9-6-10-14-23/h5-14,21,24-25H,4,15-20H2,1-3H3,(H,31,36)(H,32,37)(H,33,34)/t24-,25-/m0/s1. The normalized spacial score (nSPS) is 15.8. The molecular formula is C30H39N3O7. The van der Waals surface area contributed by atoms with Crippen LogP contribution in [-0.2, 0) is 41.6 Å². The zero-order valence-corrected chi connectivity index (χ0v) is 23.3. The molecule has 3 rings (SSSR count). The van der Waals surface area contributed by atoms with Gasteiger partial charge >= 0.3 is 12.1 Å². The Morgan fingerprint density at radius 2 is 1.48 bits per heavy atom. The third kappa shape index (κ3) is 8.81. The number of hydrogen-bond acceptors (Lipinski definition) is 7. The van der Waals surface area contributed by atoms with Crippen LogP contribution in [0.3, 0.4) is 0 Å². The van der Waals surface area contributed by atoms with Crippen LogP contribution in [0.4, 0.5) is 4.79 Å². The zero-order chi connectivity index (χ0) is 29.0. The number of carbonyl (C=O) groups excluding carboxylic acids is 4. The highest BCUT2D eigenvalue weighted by Crippen LogP contribution is 2.23. The Hall–Kier alpha value is -3.92. The Morgan fingerprint density at radius 1 is 0.875 bits per heavy atom. The van der Waals surface area contributed by atoms with Crippen LogP contribution in [-0.4, -0.2) is 61.3 Å². The summed E-state index contributed by atoms with van der Waals surface area (Å²) in [5.74, 6) is -1.89. The summed E-state index contributed by atoms with van der Waals surface area (Å²) >= 11 is 0. The molecule has 0 spiro atoms. The SMILES string of the molecule is CCOC(=O)[C@H](Cc1ccccc1)NC(=O)C1(NC(=O)[C@@H](NC(=O)OCc2ccccc2)C(C)C)CCOCC1. The van der Waals surface area contributed by atoms with Crippen LogP contribution < -0.4 is 16.0 Å². The minimum absolute atomic E-state index is 0.0550. The lowest BCUT2D eigenvalue weighted by Gasteiger charge is -2.38. The maximum absolute atomic E-state index is 13.7. The van der Waals surface area contributed by atoms with Crippen LogP contribution in [0.5, 0.6) is 0 Å². The van der Waals surface area contributed by atoms with E-state index in [1.165, 1.54) is 0 Å². The number of benzene rings is 2. The first-order valence-electron chi connectivity index (χ1n) is 13.6. The Morgan fingerprint density at radius 3 is 2.05 bits per heavy atom. The van der Waals surface area contributed by atoms with E-state index in [0.29, 0.717) is 0 Å². The van der Waals surface area contributed by atoms with Crippen molar-refractivity contribution < 1.29 is 33.4 Å². The number of amides is 3. The highest BCUT2D eigenvalue weighted by atomic mass is 16.5. The van der Waals surface area contributed by atoms with Crippen molar-refractivity contribution in [3.05, 3.63) is 71.8 Å². The van der Waals surface area contributed by atoms with Crippen LogP contribution in [0, 0.1) is 5.92 Å². The average Bonchev–Trinajstić information content (AvgIpc) is 2.96. The minimum atomic E-state index is -1.33. The molecule has 1 aliphatic rings. The van der Waals surface area contributed by atoms with Crippen LogP contribution in [0.15, 0.2) is 60.7 Å². The summed E-state index contributed by atoms with van der Waals surface area (Å²) in [6.45, 7) is 5.98. The highest BCUT2D eigenvalue weighted by Gasteiger charge is 2.44. The molecule has 10 nitrogen and oxygen atoms in total.